The number of aryl methyl sites for hydroxylation is 1. The van der Waals surface area contributed by atoms with Crippen molar-refractivity contribution in [1.29, 1.82) is 0 Å². The van der Waals surface area contributed by atoms with Crippen molar-refractivity contribution in [3.63, 3.8) is 0 Å². The normalized spacial score (nSPS) is 10.3. The number of nitrogens with one attached hydrogen (secondary N) is 1. The largest absolute Gasteiger partial charge is 0.340 e. The van der Waals surface area contributed by atoms with Crippen LogP contribution in [0.3, 0.4) is 0 Å². The Bertz CT molecular complexity index is 363. The third kappa shape index (κ3) is 5.00. The second-order valence-corrected chi connectivity index (χ2v) is 4.42. The molecule has 0 radical (unpaired) electrons. The third-order valence-corrected chi connectivity index (χ3v) is 2.63. The maximum Gasteiger partial charge on any atom is 0.236 e. The first-order valence-corrected chi connectivity index (χ1v) is 6.13. The van der Waals surface area contributed by atoms with Gasteiger partial charge in [0.25, 0.3) is 0 Å². The Morgan fingerprint density at radius 1 is 1.41 bits per heavy atom. The summed E-state index contributed by atoms with van der Waals surface area (Å²) in [6, 6.07) is 8.26. The van der Waals surface area contributed by atoms with E-state index in [4.69, 9.17) is 0 Å². The number of nitrogens with zero attached hydrogens (tertiary/aromatic N) is 1. The molecule has 0 unspecified atom stereocenters. The summed E-state index contributed by atoms with van der Waals surface area (Å²) in [5.41, 5.74) is 2.41. The molecule has 0 aliphatic carbocycles. The monoisotopic (exact) mass is 234 g/mol. The fraction of sp³-hybridized carbons (Fsp3) is 0.500. The van der Waals surface area contributed by atoms with Crippen LogP contribution in [-0.2, 0) is 11.3 Å². The van der Waals surface area contributed by atoms with Gasteiger partial charge in [-0.3, -0.25) is 4.79 Å². The van der Waals surface area contributed by atoms with Crippen LogP contribution in [0.15, 0.2) is 24.3 Å². The highest BCUT2D eigenvalue weighted by molar-refractivity contribution is 5.77. The summed E-state index contributed by atoms with van der Waals surface area (Å²) >= 11 is 0. The van der Waals surface area contributed by atoms with Gasteiger partial charge in [-0.25, -0.2) is 0 Å². The highest BCUT2D eigenvalue weighted by Gasteiger charge is 2.08. The summed E-state index contributed by atoms with van der Waals surface area (Å²) in [5, 5.41) is 3.12. The van der Waals surface area contributed by atoms with Gasteiger partial charge in [0.05, 0.1) is 6.54 Å². The van der Waals surface area contributed by atoms with E-state index < -0.39 is 0 Å². The number of rotatable bonds is 6. The molecule has 0 atom stereocenters. The highest BCUT2D eigenvalue weighted by Crippen LogP contribution is 2.06. The minimum Gasteiger partial charge on any atom is -0.340 e. The summed E-state index contributed by atoms with van der Waals surface area (Å²) < 4.78 is 0. The van der Waals surface area contributed by atoms with Crippen molar-refractivity contribution in [3.8, 4) is 0 Å². The van der Waals surface area contributed by atoms with Gasteiger partial charge in [-0.2, -0.15) is 0 Å². The van der Waals surface area contributed by atoms with Crippen LogP contribution in [0.1, 0.15) is 24.5 Å². The van der Waals surface area contributed by atoms with Gasteiger partial charge in [0.1, 0.15) is 0 Å². The second-order valence-electron chi connectivity index (χ2n) is 4.42. The molecule has 0 aliphatic rings. The molecule has 0 saturated carbocycles. The third-order valence-electron chi connectivity index (χ3n) is 2.63. The first-order valence-electron chi connectivity index (χ1n) is 6.13. The topological polar surface area (TPSA) is 32.3 Å². The Labute approximate surface area is 104 Å². The van der Waals surface area contributed by atoms with E-state index in [1.54, 1.807) is 4.90 Å². The van der Waals surface area contributed by atoms with Crippen LogP contribution < -0.4 is 5.32 Å². The van der Waals surface area contributed by atoms with Crippen LogP contribution in [0.25, 0.3) is 0 Å². The molecule has 1 N–H and O–H groups in total. The predicted molar refractivity (Wildman–Crippen MR) is 70.8 cm³/mol. The van der Waals surface area contributed by atoms with Crippen molar-refractivity contribution in [3.05, 3.63) is 35.4 Å². The first-order chi connectivity index (χ1) is 8.13. The van der Waals surface area contributed by atoms with Gasteiger partial charge in [-0.1, -0.05) is 36.8 Å². The molecule has 0 heterocycles. The molecule has 0 bridgehead atoms. The van der Waals surface area contributed by atoms with E-state index in [1.807, 2.05) is 13.1 Å². The van der Waals surface area contributed by atoms with Crippen molar-refractivity contribution >= 4 is 5.91 Å². The van der Waals surface area contributed by atoms with E-state index in [-0.39, 0.29) is 5.91 Å². The second kappa shape index (κ2) is 7.07. The van der Waals surface area contributed by atoms with E-state index in [9.17, 15) is 4.79 Å². The van der Waals surface area contributed by atoms with E-state index in [1.165, 1.54) is 11.1 Å². The zero-order valence-electron chi connectivity index (χ0n) is 11.0. The van der Waals surface area contributed by atoms with Crippen LogP contribution in [0.4, 0.5) is 0 Å². The van der Waals surface area contributed by atoms with Crippen molar-refractivity contribution < 1.29 is 4.79 Å². The lowest BCUT2D eigenvalue weighted by Gasteiger charge is -2.17. The summed E-state index contributed by atoms with van der Waals surface area (Å²) in [7, 11) is 1.85. The minimum atomic E-state index is 0.139. The Morgan fingerprint density at radius 2 is 2.18 bits per heavy atom. The van der Waals surface area contributed by atoms with Crippen LogP contribution in [0.2, 0.25) is 0 Å². The number of carbonyl (C=O) groups excluding carboxylic acids is 1. The molecule has 1 aromatic carbocycles. The Morgan fingerprint density at radius 3 is 2.82 bits per heavy atom. The average molecular weight is 234 g/mol. The summed E-state index contributed by atoms with van der Waals surface area (Å²) in [4.78, 5) is 13.5. The van der Waals surface area contributed by atoms with E-state index >= 15 is 0 Å². The van der Waals surface area contributed by atoms with Crippen LogP contribution in [0.5, 0.6) is 0 Å². The SMILES string of the molecule is CCCNCC(=O)N(C)Cc1cccc(C)c1. The number of hydrogen-bond acceptors (Lipinski definition) is 2. The van der Waals surface area contributed by atoms with Crippen LogP contribution >= 0.6 is 0 Å². The molecule has 1 rings (SSSR count). The zero-order valence-corrected chi connectivity index (χ0v) is 11.0. The van der Waals surface area contributed by atoms with E-state index in [0.717, 1.165) is 13.0 Å². The molecule has 1 amide bonds. The van der Waals surface area contributed by atoms with Crippen molar-refractivity contribution in [2.75, 3.05) is 20.1 Å². The van der Waals surface area contributed by atoms with Gasteiger partial charge in [-0.05, 0) is 25.5 Å². The van der Waals surface area contributed by atoms with Gasteiger partial charge in [-0.15, -0.1) is 0 Å². The molecule has 0 aliphatic heterocycles. The molecule has 0 fully saturated rings. The number of likely N-dealkylation sites (N-methyl/N-ethyl adjacent to an activating group) is 1. The summed E-state index contributed by atoms with van der Waals surface area (Å²) in [5.74, 6) is 0.139. The van der Waals surface area contributed by atoms with Crippen molar-refractivity contribution in [2.24, 2.45) is 0 Å². The minimum absolute atomic E-state index is 0.139. The predicted octanol–water partition coefficient (Wildman–Crippen LogP) is 1.95. The van der Waals surface area contributed by atoms with E-state index in [0.29, 0.717) is 13.1 Å². The lowest BCUT2D eigenvalue weighted by atomic mass is 10.1. The van der Waals surface area contributed by atoms with Crippen molar-refractivity contribution in [2.45, 2.75) is 26.8 Å². The van der Waals surface area contributed by atoms with Crippen molar-refractivity contribution in [1.82, 2.24) is 10.2 Å². The number of benzene rings is 1. The molecule has 3 nitrogen and oxygen atoms in total. The maximum absolute atomic E-state index is 11.8. The Hall–Kier alpha value is -1.35. The molecular weight excluding hydrogens is 212 g/mol. The van der Waals surface area contributed by atoms with Gasteiger partial charge in [0.15, 0.2) is 0 Å². The quantitative estimate of drug-likeness (QED) is 0.763. The van der Waals surface area contributed by atoms with E-state index in [2.05, 4.69) is 37.4 Å². The molecular formula is C14H22N2O. The van der Waals surface area contributed by atoms with Crippen LogP contribution in [-0.4, -0.2) is 30.9 Å². The number of carbonyl (C=O) groups is 1. The Balaban J connectivity index is 2.43. The fourth-order valence-corrected chi connectivity index (χ4v) is 1.68. The van der Waals surface area contributed by atoms with Gasteiger partial charge >= 0.3 is 0 Å². The number of amides is 1. The lowest BCUT2D eigenvalue weighted by Crippen LogP contribution is -2.35. The van der Waals surface area contributed by atoms with Gasteiger partial charge < -0.3 is 10.2 Å². The standard InChI is InChI=1S/C14H22N2O/c1-4-8-15-10-14(17)16(3)11-13-7-5-6-12(2)9-13/h5-7,9,15H,4,8,10-11H2,1-3H3. The summed E-state index contributed by atoms with van der Waals surface area (Å²) in [6.45, 7) is 6.15. The molecule has 0 spiro atoms. The molecule has 0 aromatic heterocycles. The Kier molecular flexibility index (Phi) is 5.70. The lowest BCUT2D eigenvalue weighted by molar-refractivity contribution is -0.129. The van der Waals surface area contributed by atoms with Gasteiger partial charge in [0.2, 0.25) is 5.91 Å². The first kappa shape index (κ1) is 13.7. The fourth-order valence-electron chi connectivity index (χ4n) is 1.68. The average Bonchev–Trinajstić information content (AvgIpc) is 2.29. The highest BCUT2D eigenvalue weighted by atomic mass is 16.2. The molecule has 94 valence electrons. The maximum atomic E-state index is 11.8. The van der Waals surface area contributed by atoms with Gasteiger partial charge in [0, 0.05) is 13.6 Å². The zero-order chi connectivity index (χ0) is 12.7. The number of hydrogen-bond donors (Lipinski definition) is 1. The smallest absolute Gasteiger partial charge is 0.236 e. The molecule has 3 heteroatoms. The molecule has 0 saturated heterocycles. The molecule has 17 heavy (non-hydrogen) atoms. The molecule has 1 aromatic rings. The summed E-state index contributed by atoms with van der Waals surface area (Å²) in [6.07, 6.45) is 1.05. The van der Waals surface area contributed by atoms with Crippen LogP contribution in [0, 0.1) is 6.92 Å².